The number of aromatic nitrogens is 2. The van der Waals surface area contributed by atoms with E-state index < -0.39 is 5.41 Å². The molecule has 0 saturated heterocycles. The summed E-state index contributed by atoms with van der Waals surface area (Å²) in [4.78, 5) is 19.0. The van der Waals surface area contributed by atoms with Crippen LogP contribution >= 0.6 is 0 Å². The van der Waals surface area contributed by atoms with Gasteiger partial charge >= 0.3 is 0 Å². The Balaban J connectivity index is 2.29. The van der Waals surface area contributed by atoms with Crippen LogP contribution in [0.15, 0.2) is 18.3 Å². The third-order valence-electron chi connectivity index (χ3n) is 4.16. The van der Waals surface area contributed by atoms with Crippen molar-refractivity contribution in [2.75, 3.05) is 25.1 Å². The largest absolute Gasteiger partial charge is 0.482 e. The predicted molar refractivity (Wildman–Crippen MR) is 98.1 cm³/mol. The molecule has 132 valence electrons. The average molecular weight is 331 g/mol. The molecule has 0 aromatic carbocycles. The monoisotopic (exact) mass is 331 g/mol. The van der Waals surface area contributed by atoms with Gasteiger partial charge in [0.25, 0.3) is 0 Å². The molecule has 0 spiro atoms. The SMILES string of the molecule is CCCCN(C)c1c(C)nc2c(OCC(=O)C(C)(C)C)cccn12. The van der Waals surface area contributed by atoms with Crippen LogP contribution in [0.4, 0.5) is 5.82 Å². The Kier molecular flexibility index (Phi) is 5.52. The molecule has 2 rings (SSSR count). The first-order valence-corrected chi connectivity index (χ1v) is 8.60. The van der Waals surface area contributed by atoms with E-state index in [4.69, 9.17) is 4.74 Å². The number of imidazole rings is 1. The van der Waals surface area contributed by atoms with Crippen molar-refractivity contribution in [3.8, 4) is 5.75 Å². The number of rotatable bonds is 7. The van der Waals surface area contributed by atoms with Crippen molar-refractivity contribution in [2.24, 2.45) is 5.41 Å². The standard InChI is InChI=1S/C19H29N3O2/c1-7-8-11-21(6)18-14(2)20-17-15(10-9-12-22(17)18)24-13-16(23)19(3,4)5/h9-10,12H,7-8,11,13H2,1-6H3. The lowest BCUT2D eigenvalue weighted by molar-refractivity contribution is -0.128. The van der Waals surface area contributed by atoms with Crippen LogP contribution in [0.25, 0.3) is 5.65 Å². The summed E-state index contributed by atoms with van der Waals surface area (Å²) in [5.41, 5.74) is 1.32. The van der Waals surface area contributed by atoms with Gasteiger partial charge in [-0.15, -0.1) is 0 Å². The molecular formula is C19H29N3O2. The van der Waals surface area contributed by atoms with E-state index in [0.717, 1.165) is 36.5 Å². The number of anilines is 1. The molecule has 0 aliphatic carbocycles. The van der Waals surface area contributed by atoms with Crippen LogP contribution in [0.1, 0.15) is 46.2 Å². The Hall–Kier alpha value is -2.04. The van der Waals surface area contributed by atoms with Crippen LogP contribution in [-0.4, -0.2) is 35.4 Å². The molecule has 0 aliphatic rings. The van der Waals surface area contributed by atoms with Gasteiger partial charge in [-0.1, -0.05) is 34.1 Å². The van der Waals surface area contributed by atoms with E-state index in [0.29, 0.717) is 5.75 Å². The molecule has 0 atom stereocenters. The zero-order valence-corrected chi connectivity index (χ0v) is 15.7. The maximum absolute atomic E-state index is 12.1. The summed E-state index contributed by atoms with van der Waals surface area (Å²) in [7, 11) is 2.09. The van der Waals surface area contributed by atoms with Crippen molar-refractivity contribution in [3.63, 3.8) is 0 Å². The summed E-state index contributed by atoms with van der Waals surface area (Å²) in [6.07, 6.45) is 4.29. The molecule has 0 bridgehead atoms. The van der Waals surface area contributed by atoms with Crippen molar-refractivity contribution in [1.29, 1.82) is 0 Å². The lowest BCUT2D eigenvalue weighted by Gasteiger charge is -2.19. The highest BCUT2D eigenvalue weighted by Crippen LogP contribution is 2.27. The van der Waals surface area contributed by atoms with Gasteiger partial charge < -0.3 is 9.64 Å². The summed E-state index contributed by atoms with van der Waals surface area (Å²) in [5, 5.41) is 0. The van der Waals surface area contributed by atoms with Gasteiger partial charge in [0.1, 0.15) is 12.4 Å². The number of pyridine rings is 1. The molecule has 0 saturated carbocycles. The molecule has 2 aromatic rings. The number of Topliss-reactive ketones (excluding diaryl/α,β-unsaturated/α-hetero) is 1. The van der Waals surface area contributed by atoms with Crippen LogP contribution in [0.5, 0.6) is 5.75 Å². The fourth-order valence-electron chi connectivity index (χ4n) is 2.58. The number of hydrogen-bond donors (Lipinski definition) is 0. The van der Waals surface area contributed by atoms with Crippen LogP contribution in [-0.2, 0) is 4.79 Å². The second-order valence-corrected chi connectivity index (χ2v) is 7.32. The number of carbonyl (C=O) groups excluding carboxylic acids is 1. The lowest BCUT2D eigenvalue weighted by atomic mass is 9.91. The van der Waals surface area contributed by atoms with E-state index in [-0.39, 0.29) is 12.4 Å². The first-order valence-electron chi connectivity index (χ1n) is 8.60. The molecule has 5 heteroatoms. The topological polar surface area (TPSA) is 46.8 Å². The summed E-state index contributed by atoms with van der Waals surface area (Å²) >= 11 is 0. The zero-order chi connectivity index (χ0) is 17.9. The zero-order valence-electron chi connectivity index (χ0n) is 15.7. The minimum absolute atomic E-state index is 0.0656. The maximum Gasteiger partial charge on any atom is 0.181 e. The quantitative estimate of drug-likeness (QED) is 0.772. The molecule has 0 N–H and O–H groups in total. The van der Waals surface area contributed by atoms with Gasteiger partial charge in [-0.05, 0) is 25.5 Å². The molecule has 0 amide bonds. The third kappa shape index (κ3) is 3.89. The van der Waals surface area contributed by atoms with E-state index in [1.807, 2.05) is 50.4 Å². The highest BCUT2D eigenvalue weighted by molar-refractivity contribution is 5.85. The van der Waals surface area contributed by atoms with Crippen molar-refractivity contribution in [2.45, 2.75) is 47.5 Å². The van der Waals surface area contributed by atoms with Crippen molar-refractivity contribution in [1.82, 2.24) is 9.38 Å². The van der Waals surface area contributed by atoms with Crippen LogP contribution in [0.2, 0.25) is 0 Å². The second kappa shape index (κ2) is 7.24. The number of fused-ring (bicyclic) bond motifs is 1. The number of hydrogen-bond acceptors (Lipinski definition) is 4. The molecule has 5 nitrogen and oxygen atoms in total. The summed E-state index contributed by atoms with van der Waals surface area (Å²) in [6.45, 7) is 11.0. The summed E-state index contributed by atoms with van der Waals surface area (Å²) in [6, 6.07) is 3.80. The van der Waals surface area contributed by atoms with E-state index in [1.54, 1.807) is 0 Å². The normalized spacial score (nSPS) is 11.8. The van der Waals surface area contributed by atoms with Crippen molar-refractivity contribution >= 4 is 17.2 Å². The highest BCUT2D eigenvalue weighted by Gasteiger charge is 2.22. The number of carbonyl (C=O) groups is 1. The fourth-order valence-corrected chi connectivity index (χ4v) is 2.58. The van der Waals surface area contributed by atoms with E-state index in [2.05, 4.69) is 23.9 Å². The summed E-state index contributed by atoms with van der Waals surface area (Å²) < 4.78 is 7.83. The lowest BCUT2D eigenvalue weighted by Crippen LogP contribution is -2.26. The van der Waals surface area contributed by atoms with Crippen molar-refractivity contribution < 1.29 is 9.53 Å². The number of unbranched alkanes of at least 4 members (excludes halogenated alkanes) is 1. The number of ketones is 1. The van der Waals surface area contributed by atoms with Gasteiger partial charge in [0, 0.05) is 25.2 Å². The third-order valence-corrected chi connectivity index (χ3v) is 4.16. The maximum atomic E-state index is 12.1. The van der Waals surface area contributed by atoms with Gasteiger partial charge in [-0.3, -0.25) is 9.20 Å². The molecular weight excluding hydrogens is 302 g/mol. The molecule has 2 aromatic heterocycles. The van der Waals surface area contributed by atoms with E-state index in [1.165, 1.54) is 0 Å². The minimum Gasteiger partial charge on any atom is -0.482 e. The Morgan fingerprint density at radius 3 is 2.71 bits per heavy atom. The molecule has 0 aliphatic heterocycles. The smallest absolute Gasteiger partial charge is 0.181 e. The van der Waals surface area contributed by atoms with E-state index >= 15 is 0 Å². The summed E-state index contributed by atoms with van der Waals surface area (Å²) in [5.74, 6) is 1.80. The molecule has 2 heterocycles. The predicted octanol–water partition coefficient (Wildman–Crippen LogP) is 3.87. The van der Waals surface area contributed by atoms with Gasteiger partial charge in [-0.2, -0.15) is 0 Å². The van der Waals surface area contributed by atoms with Gasteiger partial charge in [0.05, 0.1) is 5.69 Å². The van der Waals surface area contributed by atoms with Crippen LogP contribution < -0.4 is 9.64 Å². The molecule has 0 radical (unpaired) electrons. The van der Waals surface area contributed by atoms with Crippen LogP contribution in [0, 0.1) is 12.3 Å². The van der Waals surface area contributed by atoms with Crippen LogP contribution in [0.3, 0.4) is 0 Å². The Labute approximate surface area is 144 Å². The first kappa shape index (κ1) is 18.3. The number of ether oxygens (including phenoxy) is 1. The second-order valence-electron chi connectivity index (χ2n) is 7.32. The Morgan fingerprint density at radius 1 is 1.38 bits per heavy atom. The molecule has 0 fully saturated rings. The van der Waals surface area contributed by atoms with Gasteiger partial charge in [0.15, 0.2) is 17.2 Å². The molecule has 24 heavy (non-hydrogen) atoms. The van der Waals surface area contributed by atoms with E-state index in [9.17, 15) is 4.79 Å². The van der Waals surface area contributed by atoms with Crippen molar-refractivity contribution in [3.05, 3.63) is 24.0 Å². The minimum atomic E-state index is -0.401. The van der Waals surface area contributed by atoms with Gasteiger partial charge in [-0.25, -0.2) is 4.98 Å². The van der Waals surface area contributed by atoms with Gasteiger partial charge in [0.2, 0.25) is 0 Å². The Bertz CT molecular complexity index is 713. The average Bonchev–Trinajstić information content (AvgIpc) is 2.85. The highest BCUT2D eigenvalue weighted by atomic mass is 16.5. The first-order chi connectivity index (χ1) is 11.3. The number of aryl methyl sites for hydroxylation is 1. The fraction of sp³-hybridized carbons (Fsp3) is 0.579. The Morgan fingerprint density at radius 2 is 2.08 bits per heavy atom. The molecule has 0 unspecified atom stereocenters. The number of nitrogens with zero attached hydrogens (tertiary/aromatic N) is 3.